The number of ether oxygens (including phenoxy) is 1. The molecule has 0 unspecified atom stereocenters. The number of likely N-dealkylation sites (N-methyl/N-ethyl adjacent to an activating group) is 1. The Morgan fingerprint density at radius 2 is 1.85 bits per heavy atom. The van der Waals surface area contributed by atoms with Gasteiger partial charge in [-0.2, -0.15) is 0 Å². The third-order valence-electron chi connectivity index (χ3n) is 5.19. The first-order valence-electron chi connectivity index (χ1n) is 8.76. The molecule has 0 aromatic heterocycles. The van der Waals surface area contributed by atoms with Gasteiger partial charge in [0.2, 0.25) is 0 Å². The van der Waals surface area contributed by atoms with E-state index in [9.17, 15) is 9.59 Å². The monoisotopic (exact) mass is 400 g/mol. The minimum Gasteiger partial charge on any atom is -0.497 e. The first-order valence-corrected chi connectivity index (χ1v) is 9.98. The highest BCUT2D eigenvalue weighted by Crippen LogP contribution is 2.53. The normalized spacial score (nSPS) is 23.1. The van der Waals surface area contributed by atoms with E-state index in [0.717, 1.165) is 22.4 Å². The van der Waals surface area contributed by atoms with Crippen LogP contribution in [0, 0.1) is 0 Å². The third kappa shape index (κ3) is 2.41. The zero-order valence-corrected chi connectivity index (χ0v) is 17.5. The summed E-state index contributed by atoms with van der Waals surface area (Å²) in [6, 6.07) is 3.79. The van der Waals surface area contributed by atoms with Crippen molar-refractivity contribution in [1.82, 2.24) is 4.90 Å². The number of methoxy groups -OCH3 is 1. The summed E-state index contributed by atoms with van der Waals surface area (Å²) in [4.78, 5) is 30.1. The van der Waals surface area contributed by atoms with Gasteiger partial charge in [0.25, 0.3) is 11.8 Å². The number of hydrogen-bond donors (Lipinski definition) is 0. The van der Waals surface area contributed by atoms with Crippen LogP contribution >= 0.6 is 24.0 Å². The number of thioether (sulfide) groups is 1. The van der Waals surface area contributed by atoms with Crippen LogP contribution in [0.15, 0.2) is 23.1 Å². The Balaban J connectivity index is 2.04. The molecule has 0 aliphatic carbocycles. The fraction of sp³-hybridized carbons (Fsp3) is 0.350. The van der Waals surface area contributed by atoms with Crippen LogP contribution in [0.25, 0.3) is 11.1 Å². The van der Waals surface area contributed by atoms with E-state index in [-0.39, 0.29) is 11.8 Å². The van der Waals surface area contributed by atoms with E-state index in [2.05, 4.69) is 6.08 Å². The van der Waals surface area contributed by atoms with E-state index >= 15 is 0 Å². The second-order valence-corrected chi connectivity index (χ2v) is 8.96. The topological polar surface area (TPSA) is 49.9 Å². The number of thiocarbonyl (C=S) groups is 1. The van der Waals surface area contributed by atoms with Crippen LogP contribution in [-0.4, -0.2) is 40.2 Å². The van der Waals surface area contributed by atoms with Gasteiger partial charge in [-0.3, -0.25) is 19.4 Å². The second kappa shape index (κ2) is 5.94. The Bertz CT molecular complexity index is 991. The molecule has 5 nitrogen and oxygen atoms in total. The van der Waals surface area contributed by atoms with Gasteiger partial charge >= 0.3 is 0 Å². The fourth-order valence-electron chi connectivity index (χ4n) is 4.05. The average molecular weight is 401 g/mol. The number of nitrogens with zero attached hydrogens (tertiary/aromatic N) is 2. The van der Waals surface area contributed by atoms with Gasteiger partial charge in [0.15, 0.2) is 0 Å². The lowest BCUT2D eigenvalue weighted by Crippen LogP contribution is -2.46. The summed E-state index contributed by atoms with van der Waals surface area (Å²) in [6.07, 6.45) is 2.08. The highest BCUT2D eigenvalue weighted by atomic mass is 32.2. The Morgan fingerprint density at radius 3 is 2.44 bits per heavy atom. The van der Waals surface area contributed by atoms with E-state index in [1.165, 1.54) is 16.7 Å². The van der Waals surface area contributed by atoms with Gasteiger partial charge in [-0.15, -0.1) is 0 Å². The molecular formula is C20H20N2O3S2. The van der Waals surface area contributed by atoms with Gasteiger partial charge in [0.05, 0.1) is 28.8 Å². The molecule has 140 valence electrons. The maximum Gasteiger partial charge on any atom is 0.266 e. The third-order valence-corrected chi connectivity index (χ3v) is 6.64. The molecule has 3 aliphatic heterocycles. The molecule has 0 saturated carbocycles. The Labute approximate surface area is 168 Å². The summed E-state index contributed by atoms with van der Waals surface area (Å²) in [5.74, 6) is 0.300. The molecule has 4 rings (SSSR count). The molecular weight excluding hydrogens is 380 g/mol. The van der Waals surface area contributed by atoms with Crippen LogP contribution in [0.4, 0.5) is 5.69 Å². The summed E-state index contributed by atoms with van der Waals surface area (Å²) >= 11 is 6.56. The summed E-state index contributed by atoms with van der Waals surface area (Å²) in [6.45, 7) is 8.41. The number of benzene rings is 1. The first-order chi connectivity index (χ1) is 12.7. The molecule has 2 amide bonds. The zero-order valence-electron chi connectivity index (χ0n) is 15.9. The van der Waals surface area contributed by atoms with Crippen molar-refractivity contribution in [2.75, 3.05) is 18.6 Å². The maximum absolute atomic E-state index is 13.5. The summed E-state index contributed by atoms with van der Waals surface area (Å²) < 4.78 is 5.96. The molecule has 0 atom stereocenters. The van der Waals surface area contributed by atoms with E-state index in [1.54, 1.807) is 12.0 Å². The van der Waals surface area contributed by atoms with E-state index in [1.807, 2.05) is 39.8 Å². The van der Waals surface area contributed by atoms with Crippen molar-refractivity contribution in [3.8, 4) is 5.75 Å². The van der Waals surface area contributed by atoms with Gasteiger partial charge in [0, 0.05) is 17.7 Å². The van der Waals surface area contributed by atoms with Crippen LogP contribution in [0.5, 0.6) is 5.75 Å². The minimum atomic E-state index is -0.489. The average Bonchev–Trinajstić information content (AvgIpc) is 3.05. The maximum atomic E-state index is 13.5. The Kier molecular flexibility index (Phi) is 4.01. The number of allylic oxidation sites excluding steroid dienone is 1. The number of carbonyl (C=O) groups excluding carboxylic acids is 2. The predicted octanol–water partition coefficient (Wildman–Crippen LogP) is 3.83. The van der Waals surface area contributed by atoms with Gasteiger partial charge in [0.1, 0.15) is 10.1 Å². The van der Waals surface area contributed by atoms with E-state index in [0.29, 0.717) is 27.1 Å². The van der Waals surface area contributed by atoms with Gasteiger partial charge in [-0.25, -0.2) is 0 Å². The molecule has 0 bridgehead atoms. The van der Waals surface area contributed by atoms with Crippen molar-refractivity contribution in [3.05, 3.63) is 34.2 Å². The zero-order chi connectivity index (χ0) is 19.7. The molecule has 0 N–H and O–H groups in total. The summed E-state index contributed by atoms with van der Waals surface area (Å²) in [5.41, 5.74) is 3.57. The van der Waals surface area contributed by atoms with Gasteiger partial charge in [-0.05, 0) is 45.4 Å². The van der Waals surface area contributed by atoms with Crippen molar-refractivity contribution in [1.29, 1.82) is 0 Å². The van der Waals surface area contributed by atoms with Gasteiger partial charge in [-0.1, -0.05) is 30.1 Å². The smallest absolute Gasteiger partial charge is 0.266 e. The second-order valence-electron chi connectivity index (χ2n) is 7.31. The lowest BCUT2D eigenvalue weighted by atomic mass is 9.89. The highest BCUT2D eigenvalue weighted by molar-refractivity contribution is 8.26. The molecule has 0 radical (unpaired) electrons. The highest BCUT2D eigenvalue weighted by Gasteiger charge is 2.48. The molecule has 27 heavy (non-hydrogen) atoms. The molecule has 0 spiro atoms. The van der Waals surface area contributed by atoms with Gasteiger partial charge < -0.3 is 4.74 Å². The minimum absolute atomic E-state index is 0.162. The number of anilines is 1. The lowest BCUT2D eigenvalue weighted by molar-refractivity contribution is -0.122. The summed E-state index contributed by atoms with van der Waals surface area (Å²) in [5, 5.41) is 0. The number of amides is 2. The Morgan fingerprint density at radius 1 is 1.19 bits per heavy atom. The van der Waals surface area contributed by atoms with Crippen LogP contribution in [-0.2, 0) is 9.59 Å². The van der Waals surface area contributed by atoms with Crippen LogP contribution < -0.4 is 9.64 Å². The number of rotatable bonds is 2. The largest absolute Gasteiger partial charge is 0.497 e. The standard InChI is InChI=1S/C20H20N2O3S2/c1-6-21-18(24)16(27-19(21)26)14-13-8-11(25-5)7-12-10(2)9-20(3,4)22(15(12)13)17(14)23/h7-9H,6H2,1-5H3. The molecule has 1 fully saturated rings. The first kappa shape index (κ1) is 18.3. The van der Waals surface area contributed by atoms with Crippen molar-refractivity contribution in [3.63, 3.8) is 0 Å². The lowest BCUT2D eigenvalue weighted by Gasteiger charge is -2.38. The van der Waals surface area contributed by atoms with Crippen molar-refractivity contribution >= 4 is 56.9 Å². The van der Waals surface area contributed by atoms with Crippen molar-refractivity contribution < 1.29 is 14.3 Å². The van der Waals surface area contributed by atoms with Crippen molar-refractivity contribution in [2.45, 2.75) is 33.2 Å². The SMILES string of the molecule is CCN1C(=O)C(=C2C(=O)N3c4c(cc(OC)cc42)C(C)=CC3(C)C)SC1=S. The Hall–Kier alpha value is -2.12. The summed E-state index contributed by atoms with van der Waals surface area (Å²) in [7, 11) is 1.60. The molecule has 1 saturated heterocycles. The number of hydrogen-bond acceptors (Lipinski definition) is 5. The van der Waals surface area contributed by atoms with Crippen LogP contribution in [0.2, 0.25) is 0 Å². The molecule has 1 aromatic rings. The van der Waals surface area contributed by atoms with Crippen LogP contribution in [0.3, 0.4) is 0 Å². The molecule has 1 aromatic carbocycles. The van der Waals surface area contributed by atoms with E-state index < -0.39 is 5.54 Å². The fourth-order valence-corrected chi connectivity index (χ4v) is 5.51. The van der Waals surface area contributed by atoms with E-state index in [4.69, 9.17) is 17.0 Å². The quantitative estimate of drug-likeness (QED) is 0.558. The molecule has 3 aliphatic rings. The molecule has 7 heteroatoms. The number of carbonyl (C=O) groups is 2. The van der Waals surface area contributed by atoms with Crippen LogP contribution in [0.1, 0.15) is 38.8 Å². The predicted molar refractivity (Wildman–Crippen MR) is 113 cm³/mol. The van der Waals surface area contributed by atoms with Crippen molar-refractivity contribution in [2.24, 2.45) is 0 Å². The molecule has 3 heterocycles.